The number of carbonyl (C=O) groups is 1. The van der Waals surface area contributed by atoms with E-state index in [2.05, 4.69) is 22.2 Å². The van der Waals surface area contributed by atoms with Gasteiger partial charge in [0.05, 0.1) is 20.3 Å². The molecule has 6 nitrogen and oxygen atoms in total. The predicted molar refractivity (Wildman–Crippen MR) is 112 cm³/mol. The molecule has 2 aromatic rings. The van der Waals surface area contributed by atoms with Gasteiger partial charge in [0.25, 0.3) is 5.91 Å². The van der Waals surface area contributed by atoms with Gasteiger partial charge in [-0.25, -0.2) is 4.39 Å². The number of hydrogen-bond donors (Lipinski definition) is 1. The minimum atomic E-state index is -0.370. The lowest BCUT2D eigenvalue weighted by Crippen LogP contribution is -2.45. The van der Waals surface area contributed by atoms with Gasteiger partial charge in [0, 0.05) is 49.1 Å². The molecule has 0 saturated carbocycles. The molecule has 0 bridgehead atoms. The maximum Gasteiger partial charge on any atom is 0.252 e. The molecule has 1 heterocycles. The maximum atomic E-state index is 14.0. The highest BCUT2D eigenvalue weighted by Gasteiger charge is 2.22. The third-order valence-corrected chi connectivity index (χ3v) is 5.26. The van der Waals surface area contributed by atoms with Crippen LogP contribution >= 0.6 is 0 Å². The SMILES string of the molecule is COc1cc(OC)cc(C(=O)NC(C)c2cc(F)ccc2N2CCN(C)CC2)c1. The van der Waals surface area contributed by atoms with Crippen LogP contribution in [0.1, 0.15) is 28.9 Å². The normalized spacial score (nSPS) is 15.7. The molecule has 7 heteroatoms. The average Bonchev–Trinajstić information content (AvgIpc) is 2.73. The van der Waals surface area contributed by atoms with Crippen LogP contribution in [0.15, 0.2) is 36.4 Å². The zero-order valence-electron chi connectivity index (χ0n) is 17.4. The fourth-order valence-electron chi connectivity index (χ4n) is 3.50. The molecule has 3 rings (SSSR count). The van der Waals surface area contributed by atoms with Crippen LogP contribution in [0.2, 0.25) is 0 Å². The monoisotopic (exact) mass is 401 g/mol. The van der Waals surface area contributed by atoms with Gasteiger partial charge in [-0.1, -0.05) is 0 Å². The molecule has 1 unspecified atom stereocenters. The summed E-state index contributed by atoms with van der Waals surface area (Å²) in [5, 5.41) is 2.98. The number of hydrogen-bond acceptors (Lipinski definition) is 5. The van der Waals surface area contributed by atoms with Crippen LogP contribution < -0.4 is 19.7 Å². The van der Waals surface area contributed by atoms with Crippen molar-refractivity contribution in [3.63, 3.8) is 0 Å². The summed E-state index contributed by atoms with van der Waals surface area (Å²) in [5.74, 6) is 0.474. The zero-order chi connectivity index (χ0) is 21.0. The lowest BCUT2D eigenvalue weighted by molar-refractivity contribution is 0.0939. The number of rotatable bonds is 6. The Labute approximate surface area is 171 Å². The Morgan fingerprint density at radius 1 is 1.03 bits per heavy atom. The summed E-state index contributed by atoms with van der Waals surface area (Å²) >= 11 is 0. The molecule has 1 atom stereocenters. The first-order chi connectivity index (χ1) is 13.9. The van der Waals surface area contributed by atoms with Crippen molar-refractivity contribution >= 4 is 11.6 Å². The second kappa shape index (κ2) is 9.13. The van der Waals surface area contributed by atoms with Crippen molar-refractivity contribution in [2.24, 2.45) is 0 Å². The van der Waals surface area contributed by atoms with Crippen molar-refractivity contribution in [1.82, 2.24) is 10.2 Å². The van der Waals surface area contributed by atoms with E-state index in [1.807, 2.05) is 6.92 Å². The third kappa shape index (κ3) is 4.98. The minimum absolute atomic E-state index is 0.275. The number of nitrogens with one attached hydrogen (secondary N) is 1. The van der Waals surface area contributed by atoms with E-state index in [1.54, 1.807) is 24.3 Å². The van der Waals surface area contributed by atoms with E-state index in [0.717, 1.165) is 37.4 Å². The van der Waals surface area contributed by atoms with Crippen molar-refractivity contribution in [1.29, 1.82) is 0 Å². The lowest BCUT2D eigenvalue weighted by atomic mass is 10.0. The Kier molecular flexibility index (Phi) is 6.59. The fourth-order valence-corrected chi connectivity index (χ4v) is 3.50. The molecule has 0 aromatic heterocycles. The molecule has 0 spiro atoms. The topological polar surface area (TPSA) is 54.0 Å². The van der Waals surface area contributed by atoms with Gasteiger partial charge in [0.15, 0.2) is 0 Å². The molecule has 1 amide bonds. The van der Waals surface area contributed by atoms with E-state index in [1.165, 1.54) is 26.4 Å². The quantitative estimate of drug-likeness (QED) is 0.806. The number of piperazine rings is 1. The number of halogens is 1. The second-order valence-corrected chi connectivity index (χ2v) is 7.29. The molecule has 29 heavy (non-hydrogen) atoms. The average molecular weight is 401 g/mol. The van der Waals surface area contributed by atoms with E-state index in [-0.39, 0.29) is 17.8 Å². The van der Waals surface area contributed by atoms with E-state index >= 15 is 0 Å². The standard InChI is InChI=1S/C22H28FN3O3/c1-15(24-22(27)16-11-18(28-3)14-19(12-16)29-4)20-13-17(23)5-6-21(20)26-9-7-25(2)8-10-26/h5-6,11-15H,7-10H2,1-4H3,(H,24,27). The molecule has 2 aromatic carbocycles. The summed E-state index contributed by atoms with van der Waals surface area (Å²) in [7, 11) is 5.16. The molecule has 1 saturated heterocycles. The van der Waals surface area contributed by atoms with Crippen molar-refractivity contribution in [2.75, 3.05) is 52.3 Å². The van der Waals surface area contributed by atoms with Crippen LogP contribution in [0.3, 0.4) is 0 Å². The highest BCUT2D eigenvalue weighted by atomic mass is 19.1. The van der Waals surface area contributed by atoms with E-state index in [4.69, 9.17) is 9.47 Å². The molecule has 1 aliphatic rings. The van der Waals surface area contributed by atoms with Crippen LogP contribution in [-0.4, -0.2) is 58.3 Å². The summed E-state index contributed by atoms with van der Waals surface area (Å²) < 4.78 is 24.5. The van der Waals surface area contributed by atoms with Crippen LogP contribution in [-0.2, 0) is 0 Å². The van der Waals surface area contributed by atoms with Crippen LogP contribution in [0, 0.1) is 5.82 Å². The molecule has 156 valence electrons. The van der Waals surface area contributed by atoms with Crippen LogP contribution in [0.4, 0.5) is 10.1 Å². The molecule has 0 radical (unpaired) electrons. The third-order valence-electron chi connectivity index (χ3n) is 5.26. The number of carbonyl (C=O) groups excluding carboxylic acids is 1. The minimum Gasteiger partial charge on any atom is -0.497 e. The Bertz CT molecular complexity index is 844. The highest BCUT2D eigenvalue weighted by molar-refractivity contribution is 5.95. The molecule has 1 fully saturated rings. The van der Waals surface area contributed by atoms with Gasteiger partial charge in [0.1, 0.15) is 17.3 Å². The Morgan fingerprint density at radius 2 is 1.66 bits per heavy atom. The first-order valence-corrected chi connectivity index (χ1v) is 9.68. The van der Waals surface area contributed by atoms with Gasteiger partial charge >= 0.3 is 0 Å². The number of benzene rings is 2. The van der Waals surface area contributed by atoms with Gasteiger partial charge in [-0.3, -0.25) is 4.79 Å². The van der Waals surface area contributed by atoms with Crippen molar-refractivity contribution in [2.45, 2.75) is 13.0 Å². The zero-order valence-corrected chi connectivity index (χ0v) is 17.4. The molecule has 1 aliphatic heterocycles. The van der Waals surface area contributed by atoms with E-state index < -0.39 is 0 Å². The van der Waals surface area contributed by atoms with Gasteiger partial charge in [-0.2, -0.15) is 0 Å². The van der Waals surface area contributed by atoms with Crippen molar-refractivity contribution in [3.05, 3.63) is 53.3 Å². The number of nitrogens with zero attached hydrogens (tertiary/aromatic N) is 2. The summed E-state index contributed by atoms with van der Waals surface area (Å²) in [6.07, 6.45) is 0. The Hall–Kier alpha value is -2.80. The number of anilines is 1. The van der Waals surface area contributed by atoms with Gasteiger partial charge in [0.2, 0.25) is 0 Å². The van der Waals surface area contributed by atoms with Crippen molar-refractivity contribution in [3.8, 4) is 11.5 Å². The van der Waals surface area contributed by atoms with Gasteiger partial charge in [-0.15, -0.1) is 0 Å². The van der Waals surface area contributed by atoms with Gasteiger partial charge < -0.3 is 24.6 Å². The molecule has 0 aliphatic carbocycles. The molecule has 1 N–H and O–H groups in total. The first kappa shape index (κ1) is 20.9. The van der Waals surface area contributed by atoms with Gasteiger partial charge in [-0.05, 0) is 44.3 Å². The lowest BCUT2D eigenvalue weighted by Gasteiger charge is -2.36. The number of ether oxygens (including phenoxy) is 2. The Morgan fingerprint density at radius 3 is 2.24 bits per heavy atom. The summed E-state index contributed by atoms with van der Waals surface area (Å²) in [6, 6.07) is 9.41. The van der Waals surface area contributed by atoms with Crippen LogP contribution in [0.5, 0.6) is 11.5 Å². The first-order valence-electron chi connectivity index (χ1n) is 9.68. The van der Waals surface area contributed by atoms with Crippen molar-refractivity contribution < 1.29 is 18.7 Å². The molecular weight excluding hydrogens is 373 g/mol. The summed E-state index contributed by atoms with van der Waals surface area (Å²) in [4.78, 5) is 17.4. The molecular formula is C22H28FN3O3. The smallest absolute Gasteiger partial charge is 0.252 e. The maximum absolute atomic E-state index is 14.0. The van der Waals surface area contributed by atoms with E-state index in [0.29, 0.717) is 17.1 Å². The van der Waals surface area contributed by atoms with E-state index in [9.17, 15) is 9.18 Å². The number of methoxy groups -OCH3 is 2. The Balaban J connectivity index is 1.82. The predicted octanol–water partition coefficient (Wildman–Crippen LogP) is 3.09. The largest absolute Gasteiger partial charge is 0.497 e. The second-order valence-electron chi connectivity index (χ2n) is 7.29. The highest BCUT2D eigenvalue weighted by Crippen LogP contribution is 2.29. The fraction of sp³-hybridized carbons (Fsp3) is 0.409. The number of likely N-dealkylation sites (N-methyl/N-ethyl adjacent to an activating group) is 1. The summed E-state index contributed by atoms with van der Waals surface area (Å²) in [6.45, 7) is 5.48. The van der Waals surface area contributed by atoms with Crippen LogP contribution in [0.25, 0.3) is 0 Å². The summed E-state index contributed by atoms with van der Waals surface area (Å²) in [5.41, 5.74) is 2.14. The number of amides is 1.